The van der Waals surface area contributed by atoms with E-state index in [9.17, 15) is 9.50 Å². The third kappa shape index (κ3) is 3.23. The summed E-state index contributed by atoms with van der Waals surface area (Å²) in [5, 5.41) is 18.5. The summed E-state index contributed by atoms with van der Waals surface area (Å²) in [6.07, 6.45) is 3.68. The topological polar surface area (TPSA) is 50.5 Å². The fourth-order valence-electron chi connectivity index (χ4n) is 3.56. The molecule has 5 heteroatoms. The van der Waals surface area contributed by atoms with Gasteiger partial charge in [-0.1, -0.05) is 0 Å². The zero-order chi connectivity index (χ0) is 15.5. The second-order valence-electron chi connectivity index (χ2n) is 6.29. The van der Waals surface area contributed by atoms with Gasteiger partial charge in [0.15, 0.2) is 0 Å². The quantitative estimate of drug-likeness (QED) is 0.909. The Kier molecular flexibility index (Phi) is 4.60. The lowest BCUT2D eigenvalue weighted by Crippen LogP contribution is -2.51. The van der Waals surface area contributed by atoms with E-state index < -0.39 is 0 Å². The van der Waals surface area contributed by atoms with Gasteiger partial charge in [-0.25, -0.2) is 4.39 Å². The van der Waals surface area contributed by atoms with Gasteiger partial charge < -0.3 is 10.0 Å². The number of nitrogens with zero attached hydrogens (tertiary/aromatic N) is 3. The number of anilines is 1. The number of likely N-dealkylation sites (tertiary alicyclic amines) is 1. The van der Waals surface area contributed by atoms with Crippen molar-refractivity contribution in [1.82, 2.24) is 4.90 Å². The van der Waals surface area contributed by atoms with Gasteiger partial charge in [0, 0.05) is 32.2 Å². The molecular formula is C17H22FN3O. The molecule has 0 radical (unpaired) electrons. The van der Waals surface area contributed by atoms with Gasteiger partial charge in [-0.15, -0.1) is 0 Å². The molecule has 0 amide bonds. The monoisotopic (exact) mass is 303 g/mol. The van der Waals surface area contributed by atoms with Crippen LogP contribution in [-0.2, 0) is 0 Å². The molecule has 4 nitrogen and oxygen atoms in total. The number of hydrogen-bond donors (Lipinski definition) is 1. The van der Waals surface area contributed by atoms with Crippen molar-refractivity contribution in [3.05, 3.63) is 29.6 Å². The standard InChI is InChI=1S/C17H22FN3O/c18-16-10-13(11-19)3-4-17(16)21-7-1-2-14(12-21)20-8-5-15(22)6-9-20/h3-4,10,14-15,22H,1-2,5-9,12H2. The number of hydrogen-bond acceptors (Lipinski definition) is 4. The minimum atomic E-state index is -0.311. The van der Waals surface area contributed by atoms with Gasteiger partial charge >= 0.3 is 0 Å². The second kappa shape index (κ2) is 6.64. The summed E-state index contributed by atoms with van der Waals surface area (Å²) in [6.45, 7) is 3.53. The Labute approximate surface area is 130 Å². The number of aliphatic hydroxyl groups excluding tert-OH is 1. The van der Waals surface area contributed by atoms with E-state index in [-0.39, 0.29) is 11.9 Å². The first-order valence-corrected chi connectivity index (χ1v) is 8.04. The number of benzene rings is 1. The first-order chi connectivity index (χ1) is 10.7. The molecule has 2 saturated heterocycles. The molecule has 22 heavy (non-hydrogen) atoms. The Morgan fingerprint density at radius 2 is 1.95 bits per heavy atom. The van der Waals surface area contributed by atoms with Gasteiger partial charge in [-0.2, -0.15) is 5.26 Å². The third-order valence-electron chi connectivity index (χ3n) is 4.83. The second-order valence-corrected chi connectivity index (χ2v) is 6.29. The highest BCUT2D eigenvalue weighted by molar-refractivity contribution is 5.51. The van der Waals surface area contributed by atoms with Crippen LogP contribution in [0.25, 0.3) is 0 Å². The van der Waals surface area contributed by atoms with Crippen molar-refractivity contribution in [3.8, 4) is 6.07 Å². The van der Waals surface area contributed by atoms with E-state index >= 15 is 0 Å². The third-order valence-corrected chi connectivity index (χ3v) is 4.83. The van der Waals surface area contributed by atoms with Gasteiger partial charge in [0.2, 0.25) is 0 Å². The van der Waals surface area contributed by atoms with Crippen LogP contribution in [0.5, 0.6) is 0 Å². The van der Waals surface area contributed by atoms with Crippen molar-refractivity contribution in [2.45, 2.75) is 37.8 Å². The van der Waals surface area contributed by atoms with Crippen LogP contribution in [0.15, 0.2) is 18.2 Å². The molecule has 2 fully saturated rings. The molecule has 1 unspecified atom stereocenters. The number of piperidine rings is 2. The summed E-state index contributed by atoms with van der Waals surface area (Å²) in [6, 6.07) is 7.11. The molecular weight excluding hydrogens is 281 g/mol. The van der Waals surface area contributed by atoms with Crippen LogP contribution >= 0.6 is 0 Å². The lowest BCUT2D eigenvalue weighted by molar-refractivity contribution is 0.0567. The van der Waals surface area contributed by atoms with Gasteiger partial charge in [-0.3, -0.25) is 4.90 Å². The molecule has 1 atom stereocenters. The highest BCUT2D eigenvalue weighted by atomic mass is 19.1. The fourth-order valence-corrected chi connectivity index (χ4v) is 3.56. The van der Waals surface area contributed by atoms with Crippen molar-refractivity contribution in [3.63, 3.8) is 0 Å². The molecule has 0 spiro atoms. The molecule has 1 N–H and O–H groups in total. The van der Waals surface area contributed by atoms with Crippen LogP contribution < -0.4 is 4.90 Å². The van der Waals surface area contributed by atoms with Gasteiger partial charge in [-0.05, 0) is 43.9 Å². The highest BCUT2D eigenvalue weighted by Crippen LogP contribution is 2.27. The van der Waals surface area contributed by atoms with E-state index in [1.807, 2.05) is 6.07 Å². The minimum Gasteiger partial charge on any atom is -0.393 e. The summed E-state index contributed by atoms with van der Waals surface area (Å²) < 4.78 is 14.2. The molecule has 1 aromatic rings. The van der Waals surface area contributed by atoms with Crippen molar-refractivity contribution >= 4 is 5.69 Å². The summed E-state index contributed by atoms with van der Waals surface area (Å²) in [5.41, 5.74) is 0.959. The Hall–Kier alpha value is -1.64. The van der Waals surface area contributed by atoms with E-state index in [0.717, 1.165) is 51.9 Å². The Morgan fingerprint density at radius 3 is 2.64 bits per heavy atom. The zero-order valence-electron chi connectivity index (χ0n) is 12.7. The summed E-state index contributed by atoms with van der Waals surface area (Å²) in [4.78, 5) is 4.52. The molecule has 2 aliphatic rings. The zero-order valence-corrected chi connectivity index (χ0v) is 12.7. The first-order valence-electron chi connectivity index (χ1n) is 8.04. The normalized spacial score (nSPS) is 24.2. The molecule has 118 valence electrons. The number of nitriles is 1. The number of halogens is 1. The van der Waals surface area contributed by atoms with Crippen LogP contribution in [-0.4, -0.2) is 48.3 Å². The summed E-state index contributed by atoms with van der Waals surface area (Å²) in [5.74, 6) is -0.311. The van der Waals surface area contributed by atoms with Gasteiger partial charge in [0.05, 0.1) is 23.4 Å². The first kappa shape index (κ1) is 15.3. The molecule has 2 heterocycles. The predicted octanol–water partition coefficient (Wildman–Crippen LogP) is 2.12. The lowest BCUT2D eigenvalue weighted by atomic mass is 9.99. The van der Waals surface area contributed by atoms with Crippen molar-refractivity contribution in [2.75, 3.05) is 31.1 Å². The smallest absolute Gasteiger partial charge is 0.147 e. The average molecular weight is 303 g/mol. The van der Waals surface area contributed by atoms with Crippen molar-refractivity contribution in [1.29, 1.82) is 5.26 Å². The molecule has 0 aromatic heterocycles. The van der Waals surface area contributed by atoms with E-state index in [2.05, 4.69) is 9.80 Å². The molecule has 2 aliphatic heterocycles. The van der Waals surface area contributed by atoms with E-state index in [4.69, 9.17) is 5.26 Å². The molecule has 1 aromatic carbocycles. The van der Waals surface area contributed by atoms with Gasteiger partial charge in [0.1, 0.15) is 5.82 Å². The maximum atomic E-state index is 14.2. The van der Waals surface area contributed by atoms with Crippen LogP contribution in [0, 0.1) is 17.1 Å². The van der Waals surface area contributed by atoms with Crippen LogP contribution in [0.3, 0.4) is 0 Å². The van der Waals surface area contributed by atoms with Crippen LogP contribution in [0.4, 0.5) is 10.1 Å². The SMILES string of the molecule is N#Cc1ccc(N2CCCC(N3CCC(O)CC3)C2)c(F)c1. The Bertz CT molecular complexity index is 564. The largest absolute Gasteiger partial charge is 0.393 e. The lowest BCUT2D eigenvalue weighted by Gasteiger charge is -2.42. The van der Waals surface area contributed by atoms with Gasteiger partial charge in [0.25, 0.3) is 0 Å². The van der Waals surface area contributed by atoms with Crippen molar-refractivity contribution in [2.24, 2.45) is 0 Å². The maximum absolute atomic E-state index is 14.2. The van der Waals surface area contributed by atoms with E-state index in [1.54, 1.807) is 12.1 Å². The molecule has 0 bridgehead atoms. The maximum Gasteiger partial charge on any atom is 0.147 e. The fraction of sp³-hybridized carbons (Fsp3) is 0.588. The average Bonchev–Trinajstić information content (AvgIpc) is 2.55. The minimum absolute atomic E-state index is 0.160. The summed E-state index contributed by atoms with van der Waals surface area (Å²) >= 11 is 0. The van der Waals surface area contributed by atoms with E-state index in [1.165, 1.54) is 6.07 Å². The molecule has 0 saturated carbocycles. The molecule has 0 aliphatic carbocycles. The molecule has 3 rings (SSSR count). The highest BCUT2D eigenvalue weighted by Gasteiger charge is 2.29. The summed E-state index contributed by atoms with van der Waals surface area (Å²) in [7, 11) is 0. The number of aliphatic hydroxyl groups is 1. The number of rotatable bonds is 2. The van der Waals surface area contributed by atoms with Crippen LogP contribution in [0.1, 0.15) is 31.2 Å². The van der Waals surface area contributed by atoms with E-state index in [0.29, 0.717) is 17.3 Å². The predicted molar refractivity (Wildman–Crippen MR) is 83.2 cm³/mol. The Morgan fingerprint density at radius 1 is 1.18 bits per heavy atom. The Balaban J connectivity index is 1.69. The van der Waals surface area contributed by atoms with Crippen molar-refractivity contribution < 1.29 is 9.50 Å². The van der Waals surface area contributed by atoms with Crippen LogP contribution in [0.2, 0.25) is 0 Å².